The van der Waals surface area contributed by atoms with Crippen molar-refractivity contribution in [2.45, 2.75) is 161 Å². The van der Waals surface area contributed by atoms with E-state index in [1.54, 1.807) is 49.9 Å². The molecule has 2 aliphatic rings. The van der Waals surface area contributed by atoms with Crippen molar-refractivity contribution in [2.75, 3.05) is 61.1 Å². The van der Waals surface area contributed by atoms with Gasteiger partial charge in [0.1, 0.15) is 23.9 Å². The Morgan fingerprint density at radius 1 is 0.908 bits per heavy atom. The number of aliphatic hydroxyl groups excluding tert-OH is 1. The van der Waals surface area contributed by atoms with Gasteiger partial charge in [0.05, 0.1) is 49.3 Å². The summed E-state index contributed by atoms with van der Waals surface area (Å²) in [5.74, 6) is -2.80. The molecule has 0 radical (unpaired) electrons. The highest BCUT2D eigenvalue weighted by Gasteiger charge is 2.44. The minimum absolute atomic E-state index is 0.0471. The van der Waals surface area contributed by atoms with Gasteiger partial charge in [-0.25, -0.2) is 5.06 Å². The molecule has 370 valence electrons. The quantitative estimate of drug-likeness (QED) is 0.0805. The number of carbonyl (C=O) groups excluding carboxylic acids is 5. The van der Waals surface area contributed by atoms with Crippen LogP contribution in [0, 0.1) is 17.8 Å². The third-order valence-electron chi connectivity index (χ3n) is 13.4. The number of phenols is 1. The maximum absolute atomic E-state index is 14.5. The number of unbranched alkanes of at least 4 members (excludes halogenated alkanes) is 3. The first-order chi connectivity index (χ1) is 30.9. The molecule has 65 heavy (non-hydrogen) atoms. The number of likely N-dealkylation sites (N-methyl/N-ethyl adjacent to an activating group) is 2. The Morgan fingerprint density at radius 2 is 1.58 bits per heavy atom. The smallest absolute Gasteiger partial charge is 0.269 e. The first kappa shape index (κ1) is 55.5. The topological polar surface area (TPSA) is 217 Å². The van der Waals surface area contributed by atoms with Crippen LogP contribution in [0.1, 0.15) is 111 Å². The SMILES string of the molecule is CC[C@H](C)[C@@H]([C@@H](CC(=O)N1CCC[C@H]1[C@H](OC)[C@@H](C)C(=O)N[C@@H](Cc1ccc(O)cc1)C(=O)N1CCCCO1)OC)N(C)C(=O)[C@@H](NC(=O)[C@H](C(C)O)N(C)CCCCCCN)C(C)C. The van der Waals surface area contributed by atoms with E-state index < -0.39 is 66.3 Å². The van der Waals surface area contributed by atoms with E-state index >= 15 is 0 Å². The number of aliphatic hydroxyl groups is 1. The molecule has 0 spiro atoms. The Morgan fingerprint density at radius 3 is 2.15 bits per heavy atom. The molecule has 1 aromatic carbocycles. The molecule has 0 aromatic heterocycles. The molecule has 1 aromatic rings. The lowest BCUT2D eigenvalue weighted by molar-refractivity contribution is -0.199. The Labute approximate surface area is 388 Å². The van der Waals surface area contributed by atoms with Crippen LogP contribution in [0.25, 0.3) is 0 Å². The number of rotatable bonds is 27. The highest BCUT2D eigenvalue weighted by Crippen LogP contribution is 2.30. The molecule has 0 saturated carbocycles. The van der Waals surface area contributed by atoms with Gasteiger partial charge in [0.2, 0.25) is 23.6 Å². The van der Waals surface area contributed by atoms with Gasteiger partial charge < -0.3 is 45.9 Å². The van der Waals surface area contributed by atoms with E-state index in [0.29, 0.717) is 52.0 Å². The van der Waals surface area contributed by atoms with E-state index in [9.17, 15) is 34.2 Å². The molecule has 5 amide bonds. The minimum atomic E-state index is -0.983. The van der Waals surface area contributed by atoms with E-state index in [1.807, 2.05) is 32.6 Å². The van der Waals surface area contributed by atoms with Gasteiger partial charge >= 0.3 is 0 Å². The number of nitrogens with zero attached hydrogens (tertiary/aromatic N) is 4. The zero-order valence-corrected chi connectivity index (χ0v) is 41.0. The van der Waals surface area contributed by atoms with Crippen LogP contribution in [-0.4, -0.2) is 169 Å². The molecule has 2 fully saturated rings. The number of ether oxygens (including phenoxy) is 2. The number of aromatic hydroxyl groups is 1. The van der Waals surface area contributed by atoms with Crippen LogP contribution in [-0.2, 0) is 44.7 Å². The molecule has 6 N–H and O–H groups in total. The summed E-state index contributed by atoms with van der Waals surface area (Å²) in [6, 6.07) is 2.77. The van der Waals surface area contributed by atoms with E-state index in [4.69, 9.17) is 20.0 Å². The number of nitrogens with one attached hydrogen (secondary N) is 2. The standard InChI is InChI=1S/C48H83N7O10/c1-11-32(4)42(53(8)48(62)41(31(2)3)51-46(60)43(34(6)56)52(7)25-15-13-12-14-24-49)39(63-9)30-40(58)54-26-18-19-38(54)44(64-10)33(5)45(59)50-37(29-35-20-22-36(57)23-21-35)47(61)55-27-16-17-28-65-55/h20-23,31-34,37-39,41-44,56-57H,11-19,24-30,49H2,1-10H3,(H,50,59)(H,51,60)/t32-,33+,34?,37-,38-,39+,41-,42-,43-,44+/m0/s1. The number of carbonyl (C=O) groups is 5. The Hall–Kier alpha value is -3.87. The number of likely N-dealkylation sites (tertiary alicyclic amines) is 1. The maximum atomic E-state index is 14.5. The molecule has 3 rings (SSSR count). The van der Waals surface area contributed by atoms with Crippen molar-refractivity contribution in [1.82, 2.24) is 30.4 Å². The highest BCUT2D eigenvalue weighted by atomic mass is 16.7. The lowest BCUT2D eigenvalue weighted by Gasteiger charge is -2.41. The van der Waals surface area contributed by atoms with Gasteiger partial charge in [-0.3, -0.25) is 33.7 Å². The van der Waals surface area contributed by atoms with Crippen LogP contribution in [0.2, 0.25) is 0 Å². The van der Waals surface area contributed by atoms with Crippen LogP contribution in [0.3, 0.4) is 0 Å². The second kappa shape index (κ2) is 27.7. The Balaban J connectivity index is 1.78. The molecule has 2 heterocycles. The number of hydrogen-bond acceptors (Lipinski definition) is 12. The molecule has 2 saturated heterocycles. The number of methoxy groups -OCH3 is 2. The summed E-state index contributed by atoms with van der Waals surface area (Å²) in [7, 11) is 6.54. The summed E-state index contributed by atoms with van der Waals surface area (Å²) in [6.45, 7) is 13.6. The number of phenolic OH excluding ortho intramolecular Hbond substituents is 1. The lowest BCUT2D eigenvalue weighted by atomic mass is 9.89. The van der Waals surface area contributed by atoms with Crippen molar-refractivity contribution >= 4 is 29.5 Å². The first-order valence-corrected chi connectivity index (χ1v) is 23.9. The molecule has 10 atom stereocenters. The van der Waals surface area contributed by atoms with E-state index in [-0.39, 0.29) is 48.1 Å². The van der Waals surface area contributed by atoms with Gasteiger partial charge in [-0.05, 0) is 95.1 Å². The fourth-order valence-corrected chi connectivity index (χ4v) is 9.38. The van der Waals surface area contributed by atoms with Gasteiger partial charge in [-0.15, -0.1) is 0 Å². The number of benzene rings is 1. The molecule has 0 aliphatic carbocycles. The van der Waals surface area contributed by atoms with Gasteiger partial charge in [0, 0.05) is 40.8 Å². The third kappa shape index (κ3) is 15.9. The molecular weight excluding hydrogens is 835 g/mol. The van der Waals surface area contributed by atoms with Crippen LogP contribution >= 0.6 is 0 Å². The number of hydroxylamine groups is 2. The van der Waals surface area contributed by atoms with Crippen molar-refractivity contribution in [3.05, 3.63) is 29.8 Å². The summed E-state index contributed by atoms with van der Waals surface area (Å²) in [4.78, 5) is 81.5. The molecule has 2 aliphatic heterocycles. The minimum Gasteiger partial charge on any atom is -0.508 e. The first-order valence-electron chi connectivity index (χ1n) is 23.9. The summed E-state index contributed by atoms with van der Waals surface area (Å²) in [5, 5.41) is 27.8. The number of amides is 5. The van der Waals surface area contributed by atoms with Crippen LogP contribution < -0.4 is 16.4 Å². The zero-order valence-electron chi connectivity index (χ0n) is 41.0. The monoisotopic (exact) mass is 918 g/mol. The number of hydrogen-bond donors (Lipinski definition) is 5. The second-order valence-corrected chi connectivity index (χ2v) is 18.6. The van der Waals surface area contributed by atoms with E-state index in [2.05, 4.69) is 10.6 Å². The summed E-state index contributed by atoms with van der Waals surface area (Å²) in [6.07, 6.45) is 5.04. The van der Waals surface area contributed by atoms with Crippen LogP contribution in [0.4, 0.5) is 0 Å². The average molecular weight is 918 g/mol. The summed E-state index contributed by atoms with van der Waals surface area (Å²) < 4.78 is 12.1. The van der Waals surface area contributed by atoms with Gasteiger partial charge in [0.25, 0.3) is 5.91 Å². The predicted octanol–water partition coefficient (Wildman–Crippen LogP) is 3.23. The second-order valence-electron chi connectivity index (χ2n) is 18.6. The van der Waals surface area contributed by atoms with Crippen LogP contribution in [0.5, 0.6) is 5.75 Å². The largest absolute Gasteiger partial charge is 0.508 e. The van der Waals surface area contributed by atoms with Crippen molar-refractivity contribution in [2.24, 2.45) is 23.5 Å². The van der Waals surface area contributed by atoms with Crippen molar-refractivity contribution in [3.63, 3.8) is 0 Å². The Kier molecular flexibility index (Phi) is 23.6. The van der Waals surface area contributed by atoms with Gasteiger partial charge in [-0.1, -0.05) is 66.0 Å². The van der Waals surface area contributed by atoms with Crippen LogP contribution in [0.15, 0.2) is 24.3 Å². The van der Waals surface area contributed by atoms with Crippen molar-refractivity contribution < 1.29 is 48.5 Å². The molecule has 0 bridgehead atoms. The fourth-order valence-electron chi connectivity index (χ4n) is 9.38. The van der Waals surface area contributed by atoms with E-state index in [0.717, 1.165) is 44.1 Å². The van der Waals surface area contributed by atoms with E-state index in [1.165, 1.54) is 31.4 Å². The van der Waals surface area contributed by atoms with Crippen molar-refractivity contribution in [1.29, 1.82) is 0 Å². The maximum Gasteiger partial charge on any atom is 0.269 e. The lowest BCUT2D eigenvalue weighted by Crippen LogP contribution is -2.60. The number of nitrogens with two attached hydrogens (primary N) is 1. The third-order valence-corrected chi connectivity index (χ3v) is 13.4. The average Bonchev–Trinajstić information content (AvgIpc) is 3.77. The fraction of sp³-hybridized carbons (Fsp3) is 0.771. The summed E-state index contributed by atoms with van der Waals surface area (Å²) >= 11 is 0. The highest BCUT2D eigenvalue weighted by molar-refractivity contribution is 5.91. The van der Waals surface area contributed by atoms with Gasteiger partial charge in [0.15, 0.2) is 0 Å². The molecule has 17 nitrogen and oxygen atoms in total. The van der Waals surface area contributed by atoms with Crippen molar-refractivity contribution in [3.8, 4) is 5.75 Å². The van der Waals surface area contributed by atoms with Gasteiger partial charge in [-0.2, -0.15) is 0 Å². The molecule has 1 unspecified atom stereocenters. The normalized spacial score (nSPS) is 19.8. The Bertz CT molecular complexity index is 1630. The molecular formula is C48H83N7O10. The predicted molar refractivity (Wildman–Crippen MR) is 249 cm³/mol. The summed E-state index contributed by atoms with van der Waals surface area (Å²) in [5.41, 5.74) is 6.38. The zero-order chi connectivity index (χ0) is 48.4. The molecule has 17 heteroatoms.